The summed E-state index contributed by atoms with van der Waals surface area (Å²) in [5.74, 6) is -0.326. The summed E-state index contributed by atoms with van der Waals surface area (Å²) in [6.07, 6.45) is 1.11. The third-order valence-corrected chi connectivity index (χ3v) is 4.70. The predicted molar refractivity (Wildman–Crippen MR) is 92.4 cm³/mol. The average molecular weight is 370 g/mol. The molecule has 24 heavy (non-hydrogen) atoms. The molecule has 9 heteroatoms. The minimum absolute atomic E-state index is 0.113. The van der Waals surface area contributed by atoms with E-state index in [1.807, 2.05) is 14.1 Å². The minimum Gasteiger partial charge on any atom is -0.383 e. The van der Waals surface area contributed by atoms with Crippen molar-refractivity contribution in [3.63, 3.8) is 0 Å². The standard InChI is InChI=1S/C15H32N2O6S/c1-15(12-22-4,13-23-5)14(18)16-8-10-17(2,3)9-6-7-11-24(19,20)21/h6-13H2,1-5H3,(H-,16,18,19,20,21)/p+1. The van der Waals surface area contributed by atoms with Gasteiger partial charge in [-0.3, -0.25) is 9.35 Å². The van der Waals surface area contributed by atoms with E-state index in [0.29, 0.717) is 30.4 Å². The SMILES string of the molecule is COCC(C)(COC)C(=O)NCC[N+](C)(C)CCCCS(=O)(=O)O. The van der Waals surface area contributed by atoms with Crippen molar-refractivity contribution in [3.05, 3.63) is 0 Å². The van der Waals surface area contributed by atoms with Crippen LogP contribution in [0.3, 0.4) is 0 Å². The van der Waals surface area contributed by atoms with Crippen molar-refractivity contribution in [2.45, 2.75) is 19.8 Å². The third kappa shape index (κ3) is 10.2. The third-order valence-electron chi connectivity index (χ3n) is 3.89. The molecule has 1 amide bonds. The maximum atomic E-state index is 12.3. The molecule has 0 aliphatic carbocycles. The van der Waals surface area contributed by atoms with E-state index in [1.165, 1.54) is 0 Å². The molecule has 0 aromatic rings. The van der Waals surface area contributed by atoms with Crippen LogP contribution in [0.4, 0.5) is 0 Å². The Bertz CT molecular complexity index is 472. The lowest BCUT2D eigenvalue weighted by Gasteiger charge is -2.31. The van der Waals surface area contributed by atoms with Crippen molar-refractivity contribution in [2.24, 2.45) is 5.41 Å². The molecular weight excluding hydrogens is 336 g/mol. The van der Waals surface area contributed by atoms with Crippen LogP contribution in [-0.4, -0.2) is 90.3 Å². The fourth-order valence-electron chi connectivity index (χ4n) is 2.43. The number of carbonyl (C=O) groups is 1. The number of likely N-dealkylation sites (N-methyl/N-ethyl adjacent to an activating group) is 1. The van der Waals surface area contributed by atoms with Crippen molar-refractivity contribution < 1.29 is 31.7 Å². The Labute approximate surface area is 145 Å². The number of hydrogen-bond donors (Lipinski definition) is 2. The lowest BCUT2D eigenvalue weighted by atomic mass is 9.91. The van der Waals surface area contributed by atoms with Crippen molar-refractivity contribution in [2.75, 3.05) is 66.9 Å². The van der Waals surface area contributed by atoms with Gasteiger partial charge in [-0.1, -0.05) is 0 Å². The normalized spacial score (nSPS) is 13.1. The summed E-state index contributed by atoms with van der Waals surface area (Å²) < 4.78 is 40.9. The van der Waals surface area contributed by atoms with Crippen LogP contribution in [0.5, 0.6) is 0 Å². The molecule has 0 spiro atoms. The molecule has 0 radical (unpaired) electrons. The van der Waals surface area contributed by atoms with Crippen molar-refractivity contribution in [1.29, 1.82) is 0 Å². The predicted octanol–water partition coefficient (Wildman–Crippen LogP) is 0.146. The summed E-state index contributed by atoms with van der Waals surface area (Å²) in [6, 6.07) is 0. The lowest BCUT2D eigenvalue weighted by Crippen LogP contribution is -2.50. The Kier molecular flexibility index (Phi) is 9.98. The molecule has 0 aromatic carbocycles. The smallest absolute Gasteiger partial charge is 0.264 e. The minimum atomic E-state index is -3.89. The molecule has 0 bridgehead atoms. The van der Waals surface area contributed by atoms with E-state index in [2.05, 4.69) is 5.32 Å². The number of carbonyl (C=O) groups excluding carboxylic acids is 1. The van der Waals surface area contributed by atoms with Crippen LogP contribution < -0.4 is 5.32 Å². The number of methoxy groups -OCH3 is 2. The topological polar surface area (TPSA) is 102 Å². The Morgan fingerprint density at radius 2 is 1.67 bits per heavy atom. The first kappa shape index (κ1) is 23.3. The Morgan fingerprint density at radius 1 is 1.12 bits per heavy atom. The van der Waals surface area contributed by atoms with Crippen LogP contribution in [0.1, 0.15) is 19.8 Å². The van der Waals surface area contributed by atoms with Crippen molar-refractivity contribution in [1.82, 2.24) is 5.32 Å². The highest BCUT2D eigenvalue weighted by Gasteiger charge is 2.33. The fraction of sp³-hybridized carbons (Fsp3) is 0.933. The summed E-state index contributed by atoms with van der Waals surface area (Å²) in [4.78, 5) is 12.3. The molecule has 0 fully saturated rings. The number of quaternary nitrogens is 1. The molecule has 0 heterocycles. The number of ether oxygens (including phenoxy) is 2. The number of amides is 1. The van der Waals surface area contributed by atoms with Crippen LogP contribution in [0, 0.1) is 5.41 Å². The fourth-order valence-corrected chi connectivity index (χ4v) is 3.00. The van der Waals surface area contributed by atoms with Gasteiger partial charge in [0.1, 0.15) is 0 Å². The molecule has 0 rings (SSSR count). The van der Waals surface area contributed by atoms with Crippen LogP contribution in [0.25, 0.3) is 0 Å². The number of nitrogens with one attached hydrogen (secondary N) is 1. The number of hydrogen-bond acceptors (Lipinski definition) is 5. The molecule has 0 unspecified atom stereocenters. The second-order valence-corrected chi connectivity index (χ2v) is 8.63. The van der Waals surface area contributed by atoms with Crippen molar-refractivity contribution >= 4 is 16.0 Å². The van der Waals surface area contributed by atoms with E-state index < -0.39 is 15.5 Å². The second kappa shape index (κ2) is 10.3. The Hall–Kier alpha value is -0.740. The van der Waals surface area contributed by atoms with E-state index in [-0.39, 0.29) is 24.9 Å². The van der Waals surface area contributed by atoms with Crippen LogP contribution >= 0.6 is 0 Å². The molecule has 0 aliphatic rings. The largest absolute Gasteiger partial charge is 0.383 e. The number of unbranched alkanes of at least 4 members (excludes halogenated alkanes) is 1. The van der Waals surface area contributed by atoms with Crippen molar-refractivity contribution in [3.8, 4) is 0 Å². The van der Waals surface area contributed by atoms with E-state index in [4.69, 9.17) is 14.0 Å². The van der Waals surface area contributed by atoms with Crippen LogP contribution in [0.2, 0.25) is 0 Å². The maximum Gasteiger partial charge on any atom is 0.264 e. The first-order valence-electron chi connectivity index (χ1n) is 7.99. The van der Waals surface area contributed by atoms with Crippen LogP contribution in [-0.2, 0) is 24.4 Å². The zero-order chi connectivity index (χ0) is 18.9. The summed E-state index contributed by atoms with van der Waals surface area (Å²) in [6.45, 7) is 4.34. The van der Waals surface area contributed by atoms with Gasteiger partial charge in [-0.25, -0.2) is 0 Å². The molecule has 8 nitrogen and oxygen atoms in total. The Balaban J connectivity index is 4.24. The highest BCUT2D eigenvalue weighted by molar-refractivity contribution is 7.85. The van der Waals surface area contributed by atoms with Gasteiger partial charge < -0.3 is 19.3 Å². The average Bonchev–Trinajstić information content (AvgIpc) is 2.43. The Morgan fingerprint density at radius 3 is 2.12 bits per heavy atom. The van der Waals surface area contributed by atoms with Gasteiger partial charge in [-0.2, -0.15) is 8.42 Å². The van der Waals surface area contributed by atoms with Gasteiger partial charge in [0.15, 0.2) is 0 Å². The van der Waals surface area contributed by atoms with Gasteiger partial charge in [0.2, 0.25) is 5.91 Å². The van der Waals surface area contributed by atoms with E-state index in [0.717, 1.165) is 6.54 Å². The molecule has 0 saturated heterocycles. The maximum absolute atomic E-state index is 12.3. The summed E-state index contributed by atoms with van der Waals surface area (Å²) in [5.41, 5.74) is -0.726. The van der Waals surface area contributed by atoms with E-state index in [9.17, 15) is 13.2 Å². The summed E-state index contributed by atoms with van der Waals surface area (Å²) in [7, 11) is 3.25. The van der Waals surface area contributed by atoms with Gasteiger partial charge in [-0.15, -0.1) is 0 Å². The van der Waals surface area contributed by atoms with Crippen LogP contribution in [0.15, 0.2) is 0 Å². The highest BCUT2D eigenvalue weighted by atomic mass is 32.2. The quantitative estimate of drug-likeness (QED) is 0.272. The molecule has 0 atom stereocenters. The zero-order valence-corrected chi connectivity index (χ0v) is 16.3. The molecule has 0 saturated carbocycles. The highest BCUT2D eigenvalue weighted by Crippen LogP contribution is 2.17. The number of rotatable bonds is 13. The van der Waals surface area contributed by atoms with E-state index >= 15 is 0 Å². The molecule has 0 aromatic heterocycles. The van der Waals surface area contributed by atoms with Gasteiger partial charge >= 0.3 is 0 Å². The first-order valence-corrected chi connectivity index (χ1v) is 9.60. The monoisotopic (exact) mass is 369 g/mol. The summed E-state index contributed by atoms with van der Waals surface area (Å²) >= 11 is 0. The zero-order valence-electron chi connectivity index (χ0n) is 15.5. The molecule has 0 aliphatic heterocycles. The molecule has 2 N–H and O–H groups in total. The summed E-state index contributed by atoms with van der Waals surface area (Å²) in [5, 5.41) is 2.91. The van der Waals surface area contributed by atoms with E-state index in [1.54, 1.807) is 21.1 Å². The second-order valence-electron chi connectivity index (χ2n) is 7.06. The lowest BCUT2D eigenvalue weighted by molar-refractivity contribution is -0.889. The van der Waals surface area contributed by atoms with Gasteiger partial charge in [0, 0.05) is 14.2 Å². The van der Waals surface area contributed by atoms with Gasteiger partial charge in [0.25, 0.3) is 10.1 Å². The molecular formula is C15H33N2O6S+. The number of nitrogens with zero attached hydrogens (tertiary/aromatic N) is 1. The van der Waals surface area contributed by atoms with Gasteiger partial charge in [-0.05, 0) is 19.8 Å². The van der Waals surface area contributed by atoms with Gasteiger partial charge in [0.05, 0.1) is 58.1 Å². The molecule has 144 valence electrons. The first-order chi connectivity index (χ1) is 11.0.